The van der Waals surface area contributed by atoms with Gasteiger partial charge >= 0.3 is 0 Å². The Hall–Kier alpha value is -1.06. The Morgan fingerprint density at radius 3 is 2.36 bits per heavy atom. The topological polar surface area (TPSA) is 41.3 Å². The Morgan fingerprint density at radius 1 is 1.21 bits per heavy atom. The molecule has 3 N–H and O–H groups in total. The van der Waals surface area contributed by atoms with Crippen molar-refractivity contribution in [3.05, 3.63) is 29.8 Å². The molecule has 0 unspecified atom stereocenters. The number of anilines is 1. The van der Waals surface area contributed by atoms with Crippen molar-refractivity contribution in [1.29, 1.82) is 0 Å². The number of rotatable bonds is 5. The molecule has 0 atom stereocenters. The Balaban J connectivity index is 2.50. The Labute approximate surface area is 85.9 Å². The van der Waals surface area contributed by atoms with Gasteiger partial charge in [-0.3, -0.25) is 0 Å². The van der Waals surface area contributed by atoms with E-state index >= 15 is 0 Å². The van der Waals surface area contributed by atoms with Gasteiger partial charge in [0.25, 0.3) is 0 Å². The summed E-state index contributed by atoms with van der Waals surface area (Å²) in [7, 11) is 4.14. The molecule has 1 aromatic carbocycles. The van der Waals surface area contributed by atoms with Gasteiger partial charge in [0.05, 0.1) is 0 Å². The van der Waals surface area contributed by atoms with Gasteiger partial charge < -0.3 is 16.0 Å². The molecule has 1 aromatic rings. The maximum Gasteiger partial charge on any atom is 0.0340 e. The van der Waals surface area contributed by atoms with E-state index in [4.69, 9.17) is 5.73 Å². The van der Waals surface area contributed by atoms with Crippen LogP contribution in [0, 0.1) is 0 Å². The summed E-state index contributed by atoms with van der Waals surface area (Å²) >= 11 is 0. The predicted octanol–water partition coefficient (Wildman–Crippen LogP) is 1.12. The first-order chi connectivity index (χ1) is 6.72. The van der Waals surface area contributed by atoms with Gasteiger partial charge in [-0.2, -0.15) is 0 Å². The molecule has 0 bridgehead atoms. The molecule has 0 aliphatic heterocycles. The van der Waals surface area contributed by atoms with Crippen LogP contribution in [0.2, 0.25) is 0 Å². The van der Waals surface area contributed by atoms with Crippen LogP contribution in [0.25, 0.3) is 0 Å². The fourth-order valence-corrected chi connectivity index (χ4v) is 1.31. The highest BCUT2D eigenvalue weighted by atomic mass is 15.0. The third kappa shape index (κ3) is 3.77. The summed E-state index contributed by atoms with van der Waals surface area (Å²) < 4.78 is 0. The van der Waals surface area contributed by atoms with Crippen LogP contribution >= 0.6 is 0 Å². The molecule has 0 saturated carbocycles. The van der Waals surface area contributed by atoms with Crippen LogP contribution in [0.3, 0.4) is 0 Å². The Bertz CT molecular complexity index is 254. The minimum Gasteiger partial charge on any atom is -0.384 e. The molecule has 14 heavy (non-hydrogen) atoms. The monoisotopic (exact) mass is 193 g/mol. The van der Waals surface area contributed by atoms with Gasteiger partial charge in [0.1, 0.15) is 0 Å². The zero-order chi connectivity index (χ0) is 10.4. The lowest BCUT2D eigenvalue weighted by Gasteiger charge is -2.10. The van der Waals surface area contributed by atoms with Gasteiger partial charge in [0.15, 0.2) is 0 Å². The number of nitrogens with one attached hydrogen (secondary N) is 1. The van der Waals surface area contributed by atoms with E-state index in [2.05, 4.69) is 48.6 Å². The quantitative estimate of drug-likeness (QED) is 0.736. The largest absolute Gasteiger partial charge is 0.384 e. The summed E-state index contributed by atoms with van der Waals surface area (Å²) in [5, 5.41) is 3.24. The highest BCUT2D eigenvalue weighted by Gasteiger charge is 1.95. The smallest absolute Gasteiger partial charge is 0.0340 e. The SMILES string of the molecule is CN(C)Cc1ccc(NCCN)cc1. The van der Waals surface area contributed by atoms with Crippen molar-refractivity contribution in [3.63, 3.8) is 0 Å². The molecule has 1 rings (SSSR count). The average molecular weight is 193 g/mol. The number of hydrogen-bond donors (Lipinski definition) is 2. The summed E-state index contributed by atoms with van der Waals surface area (Å²) in [6.07, 6.45) is 0. The van der Waals surface area contributed by atoms with Crippen molar-refractivity contribution >= 4 is 5.69 Å². The minimum absolute atomic E-state index is 0.666. The Morgan fingerprint density at radius 2 is 1.86 bits per heavy atom. The van der Waals surface area contributed by atoms with E-state index in [9.17, 15) is 0 Å². The van der Waals surface area contributed by atoms with Crippen molar-refractivity contribution in [3.8, 4) is 0 Å². The number of nitrogens with two attached hydrogens (primary N) is 1. The standard InChI is InChI=1S/C11H19N3/c1-14(2)9-10-3-5-11(6-4-10)13-8-7-12/h3-6,13H,7-9,12H2,1-2H3. The van der Waals surface area contributed by atoms with Crippen molar-refractivity contribution in [1.82, 2.24) is 4.90 Å². The summed E-state index contributed by atoms with van der Waals surface area (Å²) in [5.41, 5.74) is 7.87. The number of nitrogens with zero attached hydrogens (tertiary/aromatic N) is 1. The van der Waals surface area contributed by atoms with Crippen LogP contribution in [0.4, 0.5) is 5.69 Å². The minimum atomic E-state index is 0.666. The molecule has 0 fully saturated rings. The fourth-order valence-electron chi connectivity index (χ4n) is 1.31. The van der Waals surface area contributed by atoms with Gasteiger partial charge in [0, 0.05) is 25.3 Å². The van der Waals surface area contributed by atoms with Gasteiger partial charge in [-0.1, -0.05) is 12.1 Å². The van der Waals surface area contributed by atoms with E-state index in [1.54, 1.807) is 0 Å². The molecule has 0 saturated heterocycles. The second-order valence-electron chi connectivity index (χ2n) is 3.65. The predicted molar refractivity (Wildman–Crippen MR) is 61.4 cm³/mol. The van der Waals surface area contributed by atoms with Crippen molar-refractivity contribution in [2.24, 2.45) is 5.73 Å². The van der Waals surface area contributed by atoms with E-state index in [1.807, 2.05) is 0 Å². The molecule has 0 heterocycles. The molecule has 0 radical (unpaired) electrons. The molecular formula is C11H19N3. The summed E-state index contributed by atoms with van der Waals surface area (Å²) in [6, 6.07) is 8.46. The normalized spacial score (nSPS) is 10.6. The fraction of sp³-hybridized carbons (Fsp3) is 0.455. The van der Waals surface area contributed by atoms with Crippen LogP contribution in [0.15, 0.2) is 24.3 Å². The van der Waals surface area contributed by atoms with Gasteiger partial charge in [-0.05, 0) is 31.8 Å². The zero-order valence-electron chi connectivity index (χ0n) is 8.96. The lowest BCUT2D eigenvalue weighted by atomic mass is 10.2. The maximum absolute atomic E-state index is 5.40. The Kier molecular flexibility index (Phi) is 4.43. The molecule has 0 aliphatic carbocycles. The van der Waals surface area contributed by atoms with E-state index in [0.29, 0.717) is 6.54 Å². The molecular weight excluding hydrogens is 174 g/mol. The highest BCUT2D eigenvalue weighted by molar-refractivity contribution is 5.44. The lowest BCUT2D eigenvalue weighted by Crippen LogP contribution is -2.13. The number of hydrogen-bond acceptors (Lipinski definition) is 3. The summed E-state index contributed by atoms with van der Waals surface area (Å²) in [4.78, 5) is 2.16. The van der Waals surface area contributed by atoms with Crippen LogP contribution in [0.1, 0.15) is 5.56 Å². The molecule has 3 nitrogen and oxygen atoms in total. The van der Waals surface area contributed by atoms with Crippen LogP contribution < -0.4 is 11.1 Å². The second-order valence-corrected chi connectivity index (χ2v) is 3.65. The third-order valence-corrected chi connectivity index (χ3v) is 1.93. The summed E-state index contributed by atoms with van der Waals surface area (Å²) in [5.74, 6) is 0. The number of benzene rings is 1. The molecule has 0 aromatic heterocycles. The highest BCUT2D eigenvalue weighted by Crippen LogP contribution is 2.09. The van der Waals surface area contributed by atoms with Gasteiger partial charge in [-0.25, -0.2) is 0 Å². The van der Waals surface area contributed by atoms with Gasteiger partial charge in [-0.15, -0.1) is 0 Å². The molecule has 0 spiro atoms. The van der Waals surface area contributed by atoms with Crippen molar-refractivity contribution < 1.29 is 0 Å². The molecule has 3 heteroatoms. The average Bonchev–Trinajstić information content (AvgIpc) is 2.16. The van der Waals surface area contributed by atoms with Gasteiger partial charge in [0.2, 0.25) is 0 Å². The van der Waals surface area contributed by atoms with E-state index < -0.39 is 0 Å². The first-order valence-corrected chi connectivity index (χ1v) is 4.90. The van der Waals surface area contributed by atoms with E-state index in [0.717, 1.165) is 18.8 Å². The molecule has 0 amide bonds. The molecule has 78 valence electrons. The van der Waals surface area contributed by atoms with Crippen molar-refractivity contribution in [2.45, 2.75) is 6.54 Å². The zero-order valence-corrected chi connectivity index (χ0v) is 8.96. The molecule has 0 aliphatic rings. The first kappa shape index (κ1) is 11.0. The van der Waals surface area contributed by atoms with Crippen molar-refractivity contribution in [2.75, 3.05) is 32.5 Å². The van der Waals surface area contributed by atoms with Crippen LogP contribution in [-0.2, 0) is 6.54 Å². The van der Waals surface area contributed by atoms with E-state index in [1.165, 1.54) is 5.56 Å². The first-order valence-electron chi connectivity index (χ1n) is 4.90. The third-order valence-electron chi connectivity index (χ3n) is 1.93. The maximum atomic E-state index is 5.40. The second kappa shape index (κ2) is 5.62. The lowest BCUT2D eigenvalue weighted by molar-refractivity contribution is 0.402. The summed E-state index contributed by atoms with van der Waals surface area (Å²) in [6.45, 7) is 2.48. The van der Waals surface area contributed by atoms with Crippen LogP contribution in [-0.4, -0.2) is 32.1 Å². The van der Waals surface area contributed by atoms with E-state index in [-0.39, 0.29) is 0 Å². The van der Waals surface area contributed by atoms with Crippen LogP contribution in [0.5, 0.6) is 0 Å².